The molecule has 0 bridgehead atoms. The van der Waals surface area contributed by atoms with Crippen molar-refractivity contribution >= 4 is 19.9 Å². The summed E-state index contributed by atoms with van der Waals surface area (Å²) in [6, 6.07) is 18.7. The molecule has 11 nitrogen and oxygen atoms in total. The highest BCUT2D eigenvalue weighted by Crippen LogP contribution is 2.59. The van der Waals surface area contributed by atoms with Gasteiger partial charge in [-0.15, -0.1) is 5.10 Å². The number of carbonyl (C=O) groups is 1. The Balaban J connectivity index is 1.29. The van der Waals surface area contributed by atoms with Gasteiger partial charge >= 0.3 is 0 Å². The molecule has 2 N–H and O–H groups in total. The number of aliphatic hydroxyl groups is 1. The Morgan fingerprint density at radius 1 is 1.07 bits per heavy atom. The summed E-state index contributed by atoms with van der Waals surface area (Å²) in [6.07, 6.45) is 4.13. The fraction of sp³-hybridized carbons (Fsp3) is 0.394. The van der Waals surface area contributed by atoms with Crippen molar-refractivity contribution in [2.75, 3.05) is 18.6 Å². The van der Waals surface area contributed by atoms with Crippen molar-refractivity contribution in [3.8, 4) is 11.4 Å². The molecule has 0 saturated carbocycles. The van der Waals surface area contributed by atoms with Gasteiger partial charge in [0.15, 0.2) is 19.7 Å². The average molecular weight is 630 g/mol. The number of aromatic nitrogens is 4. The fourth-order valence-corrected chi connectivity index (χ4v) is 9.78. The second-order valence-corrected chi connectivity index (χ2v) is 16.4. The number of rotatable bonds is 10. The number of ether oxygens (including phenoxy) is 2. The van der Waals surface area contributed by atoms with E-state index in [0.29, 0.717) is 37.3 Å². The second-order valence-electron chi connectivity index (χ2n) is 12.4. The number of pyridine rings is 1. The number of anilines is 1. The summed E-state index contributed by atoms with van der Waals surface area (Å²) in [5.41, 5.74) is 2.24. The zero-order chi connectivity index (χ0) is 31.9. The topological polar surface area (TPSA) is 132 Å². The molecule has 1 saturated heterocycles. The molecule has 12 heteroatoms. The van der Waals surface area contributed by atoms with Crippen molar-refractivity contribution in [2.24, 2.45) is 5.92 Å². The molecule has 2 aliphatic heterocycles. The van der Waals surface area contributed by atoms with Crippen molar-refractivity contribution in [1.29, 1.82) is 0 Å². The Morgan fingerprint density at radius 3 is 2.53 bits per heavy atom. The van der Waals surface area contributed by atoms with Crippen LogP contribution in [0, 0.1) is 5.92 Å². The third kappa shape index (κ3) is 5.41. The first-order valence-corrected chi connectivity index (χ1v) is 18.3. The minimum absolute atomic E-state index is 0.00128. The van der Waals surface area contributed by atoms with E-state index in [9.17, 15) is 19.5 Å². The van der Waals surface area contributed by atoms with Crippen LogP contribution in [0.2, 0.25) is 18.6 Å². The number of methoxy groups -OCH3 is 1. The van der Waals surface area contributed by atoms with Gasteiger partial charge in [0.1, 0.15) is 0 Å². The third-order valence-corrected chi connectivity index (χ3v) is 11.7. The molecule has 236 valence electrons. The van der Waals surface area contributed by atoms with Crippen LogP contribution in [0.1, 0.15) is 30.2 Å². The van der Waals surface area contributed by atoms with Crippen LogP contribution in [0.25, 0.3) is 5.69 Å². The molecule has 4 heterocycles. The predicted octanol–water partition coefficient (Wildman–Crippen LogP) is 3.41. The van der Waals surface area contributed by atoms with Gasteiger partial charge in [0.25, 0.3) is 11.5 Å². The standard InChI is InChI=1S/C33H39N5O6Si/c1-22-30(45(3,4)42)28(15-18-36-21-24(16-19-39)34-35-36)44-33(22)26-8-5-6-9-27(26)38(32(33)41)20-23-11-13-25(14-12-23)37-17-7-10-29(43-2)31(37)40/h5-14,17,21-22,28,30,39,42H,15-16,18-20H2,1-4H3/t22-,28+,30-,33+/m0/s1. The normalized spacial score (nSPS) is 22.8. The average Bonchev–Trinajstić information content (AvgIpc) is 3.67. The lowest BCUT2D eigenvalue weighted by Gasteiger charge is -2.32. The number of aliphatic hydroxyl groups excluding tert-OH is 1. The van der Waals surface area contributed by atoms with Gasteiger partial charge in [0.05, 0.1) is 31.1 Å². The lowest BCUT2D eigenvalue weighted by Crippen LogP contribution is -2.46. The van der Waals surface area contributed by atoms with E-state index in [0.717, 1.165) is 16.8 Å². The van der Waals surface area contributed by atoms with E-state index >= 15 is 0 Å². The van der Waals surface area contributed by atoms with Crippen LogP contribution in [0.5, 0.6) is 5.75 Å². The molecule has 2 aromatic carbocycles. The first-order valence-electron chi connectivity index (χ1n) is 15.2. The lowest BCUT2D eigenvalue weighted by molar-refractivity contribution is -0.146. The van der Waals surface area contributed by atoms with E-state index in [1.807, 2.05) is 74.7 Å². The molecule has 0 radical (unpaired) electrons. The largest absolute Gasteiger partial charge is 0.491 e. The van der Waals surface area contributed by atoms with E-state index in [1.54, 1.807) is 27.9 Å². The maximum absolute atomic E-state index is 14.6. The van der Waals surface area contributed by atoms with Gasteiger partial charge in [-0.3, -0.25) is 18.8 Å². The van der Waals surface area contributed by atoms with E-state index in [1.165, 1.54) is 11.7 Å². The summed E-state index contributed by atoms with van der Waals surface area (Å²) in [7, 11) is -1.33. The van der Waals surface area contributed by atoms with E-state index in [-0.39, 0.29) is 41.4 Å². The molecule has 1 amide bonds. The van der Waals surface area contributed by atoms with Crippen LogP contribution >= 0.6 is 0 Å². The summed E-state index contributed by atoms with van der Waals surface area (Å²) in [5.74, 6) is -0.146. The maximum Gasteiger partial charge on any atom is 0.297 e. The van der Waals surface area contributed by atoms with Crippen LogP contribution < -0.4 is 15.2 Å². The van der Waals surface area contributed by atoms with Crippen LogP contribution in [0.4, 0.5) is 5.69 Å². The van der Waals surface area contributed by atoms with Crippen molar-refractivity contribution in [1.82, 2.24) is 19.6 Å². The Bertz CT molecular complexity index is 1750. The number of carbonyl (C=O) groups excluding carboxylic acids is 1. The Kier molecular flexibility index (Phi) is 8.25. The van der Waals surface area contributed by atoms with Gasteiger partial charge in [-0.25, -0.2) is 0 Å². The van der Waals surface area contributed by atoms with E-state index in [4.69, 9.17) is 9.47 Å². The first kappa shape index (κ1) is 30.9. The Hall–Kier alpha value is -4.10. The van der Waals surface area contributed by atoms with Crippen LogP contribution in [-0.4, -0.2) is 63.5 Å². The van der Waals surface area contributed by atoms with Crippen LogP contribution in [-0.2, 0) is 34.6 Å². The van der Waals surface area contributed by atoms with E-state index < -0.39 is 13.9 Å². The molecule has 0 unspecified atom stereocenters. The van der Waals surface area contributed by atoms with Crippen molar-refractivity contribution in [3.63, 3.8) is 0 Å². The molecule has 45 heavy (non-hydrogen) atoms. The molecular weight excluding hydrogens is 590 g/mol. The first-order chi connectivity index (χ1) is 21.6. The fourth-order valence-electron chi connectivity index (χ4n) is 7.17. The zero-order valence-electron chi connectivity index (χ0n) is 26.0. The van der Waals surface area contributed by atoms with Crippen molar-refractivity contribution in [2.45, 2.75) is 63.2 Å². The predicted molar refractivity (Wildman–Crippen MR) is 171 cm³/mol. The van der Waals surface area contributed by atoms with Gasteiger partial charge in [-0.05, 0) is 55.4 Å². The monoisotopic (exact) mass is 629 g/mol. The summed E-state index contributed by atoms with van der Waals surface area (Å²) < 4.78 is 15.3. The van der Waals surface area contributed by atoms with Gasteiger partial charge in [-0.2, -0.15) is 0 Å². The van der Waals surface area contributed by atoms with Gasteiger partial charge < -0.3 is 24.3 Å². The molecule has 2 aliphatic rings. The van der Waals surface area contributed by atoms with Crippen LogP contribution in [0.15, 0.2) is 77.9 Å². The molecule has 6 rings (SSSR count). The Morgan fingerprint density at radius 2 is 1.82 bits per heavy atom. The number of aryl methyl sites for hydroxylation is 1. The van der Waals surface area contributed by atoms with Gasteiger partial charge in [0.2, 0.25) is 0 Å². The second kappa shape index (κ2) is 12.0. The molecule has 4 aromatic rings. The number of amides is 1. The van der Waals surface area contributed by atoms with Crippen molar-refractivity contribution in [3.05, 3.63) is 100 Å². The number of benzene rings is 2. The third-order valence-electron chi connectivity index (χ3n) is 9.18. The molecule has 4 atom stereocenters. The number of para-hydroxylation sites is 1. The molecule has 1 spiro atoms. The highest BCUT2D eigenvalue weighted by molar-refractivity contribution is 6.71. The maximum atomic E-state index is 14.6. The summed E-state index contributed by atoms with van der Waals surface area (Å²) in [5, 5.41) is 17.5. The van der Waals surface area contributed by atoms with E-state index in [2.05, 4.69) is 10.3 Å². The minimum atomic E-state index is -2.80. The summed E-state index contributed by atoms with van der Waals surface area (Å²) in [6.45, 7) is 6.69. The highest BCUT2D eigenvalue weighted by Gasteiger charge is 2.66. The number of hydrogen-bond acceptors (Lipinski definition) is 8. The molecule has 2 aromatic heterocycles. The molecular formula is C33H39N5O6Si. The smallest absolute Gasteiger partial charge is 0.297 e. The molecule has 1 fully saturated rings. The number of hydrogen-bond donors (Lipinski definition) is 2. The SMILES string of the molecule is COc1cccn(-c2ccc(CN3C(=O)[C@]4(O[C@H](CCn5cc(CCO)nn5)[C@@H]([Si](C)(C)O)[C@@H]4C)c4ccccc43)cc2)c1=O. The quantitative estimate of drug-likeness (QED) is 0.255. The lowest BCUT2D eigenvalue weighted by atomic mass is 9.82. The Labute approximate surface area is 262 Å². The summed E-state index contributed by atoms with van der Waals surface area (Å²) in [4.78, 5) is 40.6. The summed E-state index contributed by atoms with van der Waals surface area (Å²) >= 11 is 0. The zero-order valence-corrected chi connectivity index (χ0v) is 27.0. The molecule has 0 aliphatic carbocycles. The minimum Gasteiger partial charge on any atom is -0.491 e. The van der Waals surface area contributed by atoms with Gasteiger partial charge in [0, 0.05) is 54.7 Å². The number of fused-ring (bicyclic) bond motifs is 2. The van der Waals surface area contributed by atoms with Crippen molar-refractivity contribution < 1.29 is 24.2 Å². The van der Waals surface area contributed by atoms with Crippen LogP contribution in [0.3, 0.4) is 0 Å². The highest BCUT2D eigenvalue weighted by atomic mass is 28.4. The number of nitrogens with zero attached hydrogens (tertiary/aromatic N) is 5. The van der Waals surface area contributed by atoms with Gasteiger partial charge in [-0.1, -0.05) is 42.5 Å².